The molecule has 190 valence electrons. The molecule has 35 heavy (non-hydrogen) atoms. The van der Waals surface area contributed by atoms with Crippen molar-refractivity contribution < 1.29 is 22.4 Å². The Balaban J connectivity index is 1.90. The predicted octanol–water partition coefficient (Wildman–Crippen LogP) is 4.37. The van der Waals surface area contributed by atoms with E-state index in [4.69, 9.17) is 23.2 Å². The second-order valence-electron chi connectivity index (χ2n) is 8.66. The minimum absolute atomic E-state index is 0.00972. The molecule has 0 unspecified atom stereocenters. The maximum atomic E-state index is 13.5. The number of carbonyl (C=O) groups is 2. The van der Waals surface area contributed by atoms with Crippen molar-refractivity contribution in [3.63, 3.8) is 0 Å². The second kappa shape index (κ2) is 11.6. The molecule has 1 fully saturated rings. The molecule has 1 saturated carbocycles. The first-order chi connectivity index (χ1) is 16.5. The predicted molar refractivity (Wildman–Crippen MR) is 135 cm³/mol. The van der Waals surface area contributed by atoms with Gasteiger partial charge >= 0.3 is 0 Å². The van der Waals surface area contributed by atoms with Crippen LogP contribution in [0.1, 0.15) is 38.2 Å². The second-order valence-corrected chi connectivity index (χ2v) is 11.3. The van der Waals surface area contributed by atoms with Crippen molar-refractivity contribution in [2.75, 3.05) is 17.1 Å². The van der Waals surface area contributed by atoms with E-state index in [-0.39, 0.29) is 34.2 Å². The Morgan fingerprint density at radius 1 is 1.11 bits per heavy atom. The molecular formula is C24H28Cl2FN3O4S. The molecule has 1 N–H and O–H groups in total. The third-order valence-electron chi connectivity index (χ3n) is 6.01. The zero-order chi connectivity index (χ0) is 25.8. The first-order valence-corrected chi connectivity index (χ1v) is 13.8. The number of nitrogens with zero attached hydrogens (tertiary/aromatic N) is 2. The molecule has 1 aliphatic carbocycles. The van der Waals surface area contributed by atoms with Gasteiger partial charge < -0.3 is 10.2 Å². The van der Waals surface area contributed by atoms with Crippen LogP contribution >= 0.6 is 23.2 Å². The van der Waals surface area contributed by atoms with Gasteiger partial charge in [-0.25, -0.2) is 12.8 Å². The van der Waals surface area contributed by atoms with Gasteiger partial charge in [-0.05, 0) is 49.6 Å². The number of carbonyl (C=O) groups excluding carboxylic acids is 2. The fourth-order valence-corrected chi connectivity index (χ4v) is 5.34. The van der Waals surface area contributed by atoms with Crippen molar-refractivity contribution in [1.82, 2.24) is 10.2 Å². The van der Waals surface area contributed by atoms with Crippen LogP contribution in [-0.4, -0.2) is 50.0 Å². The highest BCUT2D eigenvalue weighted by Crippen LogP contribution is 2.33. The van der Waals surface area contributed by atoms with Crippen LogP contribution in [0.15, 0.2) is 42.5 Å². The van der Waals surface area contributed by atoms with Gasteiger partial charge in [0.05, 0.1) is 22.0 Å². The summed E-state index contributed by atoms with van der Waals surface area (Å²) in [6.45, 7) is 0.975. The summed E-state index contributed by atoms with van der Waals surface area (Å²) in [4.78, 5) is 27.8. The molecule has 7 nitrogen and oxygen atoms in total. The molecule has 1 aliphatic rings. The number of anilines is 1. The molecule has 0 bridgehead atoms. The fourth-order valence-electron chi connectivity index (χ4n) is 4.04. The average Bonchev–Trinajstić information content (AvgIpc) is 3.31. The van der Waals surface area contributed by atoms with E-state index in [0.717, 1.165) is 36.2 Å². The Morgan fingerprint density at radius 2 is 1.74 bits per heavy atom. The lowest BCUT2D eigenvalue weighted by atomic mass is 10.1. The Kier molecular flexibility index (Phi) is 9.01. The first kappa shape index (κ1) is 27.2. The van der Waals surface area contributed by atoms with Gasteiger partial charge in [-0.15, -0.1) is 0 Å². The third kappa shape index (κ3) is 7.08. The van der Waals surface area contributed by atoms with Crippen molar-refractivity contribution in [1.29, 1.82) is 0 Å². The maximum absolute atomic E-state index is 13.5. The summed E-state index contributed by atoms with van der Waals surface area (Å²) in [5.74, 6) is -1.39. The fraction of sp³-hybridized carbons (Fsp3) is 0.417. The molecule has 3 rings (SSSR count). The molecule has 1 atom stereocenters. The van der Waals surface area contributed by atoms with E-state index in [9.17, 15) is 22.4 Å². The summed E-state index contributed by atoms with van der Waals surface area (Å²) < 4.78 is 39.5. The summed E-state index contributed by atoms with van der Waals surface area (Å²) >= 11 is 12.3. The lowest BCUT2D eigenvalue weighted by molar-refractivity contribution is -0.139. The summed E-state index contributed by atoms with van der Waals surface area (Å²) in [6.07, 6.45) is 4.76. The Morgan fingerprint density at radius 3 is 2.34 bits per heavy atom. The maximum Gasteiger partial charge on any atom is 0.244 e. The van der Waals surface area contributed by atoms with Gasteiger partial charge in [-0.1, -0.05) is 54.2 Å². The summed E-state index contributed by atoms with van der Waals surface area (Å²) in [7, 11) is -3.94. The van der Waals surface area contributed by atoms with Crippen molar-refractivity contribution in [3.8, 4) is 0 Å². The number of hydrogen-bond acceptors (Lipinski definition) is 4. The Hall–Kier alpha value is -2.36. The zero-order valence-corrected chi connectivity index (χ0v) is 21.8. The van der Waals surface area contributed by atoms with E-state index in [1.165, 1.54) is 47.4 Å². The minimum atomic E-state index is -3.94. The third-order valence-corrected chi connectivity index (χ3v) is 7.95. The van der Waals surface area contributed by atoms with E-state index in [1.807, 2.05) is 0 Å². The molecule has 0 aliphatic heterocycles. The molecule has 2 aromatic rings. The molecule has 0 heterocycles. The van der Waals surface area contributed by atoms with E-state index in [2.05, 4.69) is 5.32 Å². The zero-order valence-electron chi connectivity index (χ0n) is 19.5. The highest BCUT2D eigenvalue weighted by Gasteiger charge is 2.32. The van der Waals surface area contributed by atoms with E-state index in [0.29, 0.717) is 5.56 Å². The van der Waals surface area contributed by atoms with E-state index in [1.54, 1.807) is 6.92 Å². The van der Waals surface area contributed by atoms with Gasteiger partial charge in [0.1, 0.15) is 18.4 Å². The number of halogens is 3. The minimum Gasteiger partial charge on any atom is -0.352 e. The summed E-state index contributed by atoms with van der Waals surface area (Å²) in [6, 6.07) is 9.18. The molecule has 2 amide bonds. The van der Waals surface area contributed by atoms with Gasteiger partial charge in [0.25, 0.3) is 0 Å². The van der Waals surface area contributed by atoms with Gasteiger partial charge in [-0.2, -0.15) is 0 Å². The number of hydrogen-bond donors (Lipinski definition) is 1. The Bertz CT molecular complexity index is 1170. The Labute approximate surface area is 215 Å². The smallest absolute Gasteiger partial charge is 0.244 e. The van der Waals surface area contributed by atoms with Crippen molar-refractivity contribution in [3.05, 3.63) is 63.9 Å². The molecule has 2 aromatic carbocycles. The van der Waals surface area contributed by atoms with Gasteiger partial charge in [-0.3, -0.25) is 13.9 Å². The first-order valence-electron chi connectivity index (χ1n) is 11.2. The van der Waals surface area contributed by atoms with Crippen molar-refractivity contribution >= 4 is 50.7 Å². The van der Waals surface area contributed by atoms with Crippen molar-refractivity contribution in [2.24, 2.45) is 0 Å². The molecule has 0 aromatic heterocycles. The van der Waals surface area contributed by atoms with Gasteiger partial charge in [0.2, 0.25) is 21.8 Å². The standard InChI is InChI=1S/C24H28Cl2FN3O4S/c1-16(24(32)28-19-6-3-4-7-19)29(14-17-10-12-18(27)13-11-17)22(31)15-30(35(2,33)34)21-9-5-8-20(25)23(21)26/h5,8-13,16,19H,3-4,6-7,14-15H2,1-2H3,(H,28,32)/t16-/m0/s1. The topological polar surface area (TPSA) is 86.8 Å². The van der Waals surface area contributed by atoms with Crippen molar-refractivity contribution in [2.45, 2.75) is 51.2 Å². The van der Waals surface area contributed by atoms with Crippen LogP contribution < -0.4 is 9.62 Å². The number of benzene rings is 2. The number of rotatable bonds is 9. The van der Waals surface area contributed by atoms with Crippen LogP contribution in [0.4, 0.5) is 10.1 Å². The quantitative estimate of drug-likeness (QED) is 0.508. The molecule has 0 radical (unpaired) electrons. The number of nitrogens with one attached hydrogen (secondary N) is 1. The monoisotopic (exact) mass is 543 g/mol. The van der Waals surface area contributed by atoms with Crippen LogP contribution in [0.5, 0.6) is 0 Å². The van der Waals surface area contributed by atoms with Crippen LogP contribution in [-0.2, 0) is 26.2 Å². The SMILES string of the molecule is C[C@@H](C(=O)NC1CCCC1)N(Cc1ccc(F)cc1)C(=O)CN(c1cccc(Cl)c1Cl)S(C)(=O)=O. The normalized spacial score (nSPS) is 15.0. The highest BCUT2D eigenvalue weighted by atomic mass is 35.5. The van der Waals surface area contributed by atoms with Gasteiger partial charge in [0, 0.05) is 12.6 Å². The largest absolute Gasteiger partial charge is 0.352 e. The van der Waals surface area contributed by atoms with Crippen LogP contribution in [0.3, 0.4) is 0 Å². The lowest BCUT2D eigenvalue weighted by Crippen LogP contribution is -2.52. The molecule has 0 saturated heterocycles. The summed E-state index contributed by atoms with van der Waals surface area (Å²) in [5.41, 5.74) is 0.645. The van der Waals surface area contributed by atoms with E-state index >= 15 is 0 Å². The molecule has 0 spiro atoms. The molecule has 11 heteroatoms. The molecular weight excluding hydrogens is 516 g/mol. The number of amides is 2. The highest BCUT2D eigenvalue weighted by molar-refractivity contribution is 7.92. The van der Waals surface area contributed by atoms with Crippen LogP contribution in [0.25, 0.3) is 0 Å². The average molecular weight is 544 g/mol. The number of sulfonamides is 1. The summed E-state index contributed by atoms with van der Waals surface area (Å²) in [5, 5.41) is 3.10. The van der Waals surface area contributed by atoms with E-state index < -0.39 is 34.3 Å². The lowest BCUT2D eigenvalue weighted by Gasteiger charge is -2.32. The van der Waals surface area contributed by atoms with Crippen LogP contribution in [0, 0.1) is 5.82 Å². The van der Waals surface area contributed by atoms with Gasteiger partial charge in [0.15, 0.2) is 0 Å². The van der Waals surface area contributed by atoms with Crippen LogP contribution in [0.2, 0.25) is 10.0 Å².